The van der Waals surface area contributed by atoms with Crippen molar-refractivity contribution < 1.29 is 8.42 Å². The van der Waals surface area contributed by atoms with Crippen LogP contribution >= 0.6 is 15.9 Å². The van der Waals surface area contributed by atoms with Gasteiger partial charge in [0.2, 0.25) is 10.0 Å². The van der Waals surface area contributed by atoms with E-state index in [-0.39, 0.29) is 6.04 Å². The van der Waals surface area contributed by atoms with Gasteiger partial charge in [-0.05, 0) is 24.6 Å². The molecule has 4 nitrogen and oxygen atoms in total. The van der Waals surface area contributed by atoms with Crippen molar-refractivity contribution >= 4 is 26.0 Å². The van der Waals surface area contributed by atoms with E-state index >= 15 is 0 Å². The molecule has 19 heavy (non-hydrogen) atoms. The van der Waals surface area contributed by atoms with Gasteiger partial charge in [0.15, 0.2) is 0 Å². The third kappa shape index (κ3) is 4.42. The smallest absolute Gasteiger partial charge is 0.242 e. The van der Waals surface area contributed by atoms with Crippen molar-refractivity contribution in [1.82, 2.24) is 9.62 Å². The van der Waals surface area contributed by atoms with E-state index in [9.17, 15) is 8.42 Å². The van der Waals surface area contributed by atoms with E-state index in [1.54, 1.807) is 12.1 Å². The normalized spacial score (nSPS) is 13.5. The molecule has 0 aliphatic rings. The van der Waals surface area contributed by atoms with Gasteiger partial charge in [-0.2, -0.15) is 0 Å². The summed E-state index contributed by atoms with van der Waals surface area (Å²) in [5, 5.41) is 3.27. The monoisotopic (exact) mass is 346 g/mol. The van der Waals surface area contributed by atoms with Crippen molar-refractivity contribution in [3.8, 4) is 0 Å². The highest BCUT2D eigenvalue weighted by Crippen LogP contribution is 2.18. The lowest BCUT2D eigenvalue weighted by Gasteiger charge is -2.15. The Bertz CT molecular complexity index is 538. The van der Waals surface area contributed by atoms with Crippen LogP contribution in [0.5, 0.6) is 0 Å². The van der Waals surface area contributed by atoms with Crippen LogP contribution in [0.2, 0.25) is 0 Å². The minimum Gasteiger partial charge on any atom is -0.306 e. The second-order valence-electron chi connectivity index (χ2n) is 4.48. The fourth-order valence-electron chi connectivity index (χ4n) is 1.52. The molecule has 0 fully saturated rings. The fourth-order valence-corrected chi connectivity index (χ4v) is 2.58. The summed E-state index contributed by atoms with van der Waals surface area (Å²) in [5.41, 5.74) is 1.03. The van der Waals surface area contributed by atoms with Gasteiger partial charge in [0.25, 0.3) is 0 Å². The summed E-state index contributed by atoms with van der Waals surface area (Å²) in [7, 11) is -0.308. The molecule has 0 bridgehead atoms. The topological polar surface area (TPSA) is 49.4 Å². The minimum atomic E-state index is -3.35. The highest BCUT2D eigenvalue weighted by molar-refractivity contribution is 9.11. The number of hydrogen-bond acceptors (Lipinski definition) is 3. The number of nitrogens with one attached hydrogen (secondary N) is 1. The first kappa shape index (κ1) is 16.4. The Hall–Kier alpha value is -0.690. The maximum absolute atomic E-state index is 11.9. The van der Waals surface area contributed by atoms with Gasteiger partial charge in [-0.3, -0.25) is 0 Å². The number of sulfonamides is 1. The van der Waals surface area contributed by atoms with E-state index < -0.39 is 10.0 Å². The summed E-state index contributed by atoms with van der Waals surface area (Å²) < 4.78 is 25.9. The Morgan fingerprint density at radius 1 is 1.37 bits per heavy atom. The molecule has 0 amide bonds. The van der Waals surface area contributed by atoms with Crippen molar-refractivity contribution in [3.63, 3.8) is 0 Å². The largest absolute Gasteiger partial charge is 0.306 e. The molecule has 0 radical (unpaired) electrons. The molecule has 0 aromatic heterocycles. The van der Waals surface area contributed by atoms with E-state index in [2.05, 4.69) is 27.8 Å². The summed E-state index contributed by atoms with van der Waals surface area (Å²) in [6.07, 6.45) is 0. The maximum Gasteiger partial charge on any atom is 0.242 e. The number of halogens is 1. The van der Waals surface area contributed by atoms with Crippen LogP contribution in [-0.4, -0.2) is 33.4 Å². The van der Waals surface area contributed by atoms with Crippen LogP contribution in [-0.2, 0) is 10.0 Å². The SMILES string of the molecule is C=C(Br)CNC(C)c1ccc(S(=O)(=O)N(C)C)cc1. The second kappa shape index (κ2) is 6.65. The number of nitrogens with zero attached hydrogens (tertiary/aromatic N) is 1. The molecule has 0 heterocycles. The lowest BCUT2D eigenvalue weighted by molar-refractivity contribution is 0.520. The Balaban J connectivity index is 2.85. The lowest BCUT2D eigenvalue weighted by Crippen LogP contribution is -2.22. The van der Waals surface area contributed by atoms with E-state index in [0.29, 0.717) is 11.4 Å². The van der Waals surface area contributed by atoms with Crippen LogP contribution in [0.3, 0.4) is 0 Å². The zero-order valence-corrected chi connectivity index (χ0v) is 13.8. The third-order valence-corrected chi connectivity index (χ3v) is 4.87. The molecule has 0 aliphatic carbocycles. The van der Waals surface area contributed by atoms with Gasteiger partial charge in [-0.25, -0.2) is 12.7 Å². The van der Waals surface area contributed by atoms with E-state index in [1.165, 1.54) is 18.4 Å². The first-order chi connectivity index (χ1) is 8.75. The Kier molecular flexibility index (Phi) is 5.73. The quantitative estimate of drug-likeness (QED) is 0.860. The van der Waals surface area contributed by atoms with Crippen LogP contribution in [0.4, 0.5) is 0 Å². The maximum atomic E-state index is 11.9. The Labute approximate surface area is 123 Å². The highest BCUT2D eigenvalue weighted by atomic mass is 79.9. The molecule has 1 aromatic carbocycles. The second-order valence-corrected chi connectivity index (χ2v) is 7.75. The molecule has 0 spiro atoms. The molecule has 106 valence electrons. The Morgan fingerprint density at radius 3 is 2.32 bits per heavy atom. The third-order valence-electron chi connectivity index (χ3n) is 2.76. The summed E-state index contributed by atoms with van der Waals surface area (Å²) >= 11 is 3.29. The number of rotatable bonds is 6. The molecule has 0 aliphatic heterocycles. The summed E-state index contributed by atoms with van der Waals surface area (Å²) in [6, 6.07) is 7.04. The first-order valence-electron chi connectivity index (χ1n) is 5.84. The van der Waals surface area contributed by atoms with Crippen molar-refractivity contribution in [2.24, 2.45) is 0 Å². The molecule has 1 N–H and O–H groups in total. The molecule has 1 aromatic rings. The van der Waals surface area contributed by atoms with Crippen molar-refractivity contribution in [2.45, 2.75) is 17.9 Å². The van der Waals surface area contributed by atoms with Gasteiger partial charge in [0.05, 0.1) is 4.90 Å². The van der Waals surface area contributed by atoms with E-state index in [1.807, 2.05) is 19.1 Å². The van der Waals surface area contributed by atoms with E-state index in [4.69, 9.17) is 0 Å². The van der Waals surface area contributed by atoms with Crippen LogP contribution in [0.1, 0.15) is 18.5 Å². The first-order valence-corrected chi connectivity index (χ1v) is 8.07. The zero-order chi connectivity index (χ0) is 14.6. The van der Waals surface area contributed by atoms with Crippen LogP contribution in [0.15, 0.2) is 40.2 Å². The average Bonchev–Trinajstić information content (AvgIpc) is 2.35. The summed E-state index contributed by atoms with van der Waals surface area (Å²) in [5.74, 6) is 0. The minimum absolute atomic E-state index is 0.130. The predicted octanol–water partition coefficient (Wildman–Crippen LogP) is 2.50. The molecular formula is C13H19BrN2O2S. The molecule has 1 rings (SSSR count). The fraction of sp³-hybridized carbons (Fsp3) is 0.385. The van der Waals surface area contributed by atoms with Gasteiger partial charge < -0.3 is 5.32 Å². The zero-order valence-electron chi connectivity index (χ0n) is 11.4. The summed E-state index contributed by atoms with van der Waals surface area (Å²) in [4.78, 5) is 0.304. The molecular weight excluding hydrogens is 328 g/mol. The van der Waals surface area contributed by atoms with Gasteiger partial charge in [0, 0.05) is 31.2 Å². The lowest BCUT2D eigenvalue weighted by atomic mass is 10.1. The highest BCUT2D eigenvalue weighted by Gasteiger charge is 2.17. The van der Waals surface area contributed by atoms with Crippen LogP contribution in [0.25, 0.3) is 0 Å². The van der Waals surface area contributed by atoms with Crippen molar-refractivity contribution in [2.75, 3.05) is 20.6 Å². The van der Waals surface area contributed by atoms with Crippen molar-refractivity contribution in [3.05, 3.63) is 40.9 Å². The Morgan fingerprint density at radius 2 is 1.89 bits per heavy atom. The predicted molar refractivity (Wildman–Crippen MR) is 81.8 cm³/mol. The van der Waals surface area contributed by atoms with Gasteiger partial charge >= 0.3 is 0 Å². The van der Waals surface area contributed by atoms with E-state index in [0.717, 1.165) is 10.0 Å². The molecule has 1 unspecified atom stereocenters. The van der Waals surface area contributed by atoms with Crippen LogP contribution in [0, 0.1) is 0 Å². The van der Waals surface area contributed by atoms with Gasteiger partial charge in [-0.1, -0.05) is 34.6 Å². The molecule has 0 saturated carbocycles. The number of benzene rings is 1. The standard InChI is InChI=1S/C13H19BrN2O2S/c1-10(14)9-15-11(2)12-5-7-13(8-6-12)19(17,18)16(3)4/h5-8,11,15H,1,9H2,2-4H3. The molecule has 1 atom stereocenters. The van der Waals surface area contributed by atoms with Gasteiger partial charge in [0.1, 0.15) is 0 Å². The summed E-state index contributed by atoms with van der Waals surface area (Å²) in [6.45, 7) is 6.44. The molecule has 0 saturated heterocycles. The van der Waals surface area contributed by atoms with Crippen molar-refractivity contribution in [1.29, 1.82) is 0 Å². The van der Waals surface area contributed by atoms with Crippen LogP contribution < -0.4 is 5.32 Å². The van der Waals surface area contributed by atoms with Gasteiger partial charge in [-0.15, -0.1) is 0 Å². The number of hydrogen-bond donors (Lipinski definition) is 1. The molecule has 6 heteroatoms. The average molecular weight is 347 g/mol.